The lowest BCUT2D eigenvalue weighted by Crippen LogP contribution is -2.14. The Morgan fingerprint density at radius 3 is 2.50 bits per heavy atom. The van der Waals surface area contributed by atoms with E-state index in [2.05, 4.69) is 5.32 Å². The first-order valence-corrected chi connectivity index (χ1v) is 8.93. The Labute approximate surface area is 143 Å². The minimum absolute atomic E-state index is 0.0366. The highest BCUT2D eigenvalue weighted by Crippen LogP contribution is 2.27. The lowest BCUT2D eigenvalue weighted by atomic mass is 10.1. The van der Waals surface area contributed by atoms with Crippen LogP contribution in [0, 0.1) is 17.0 Å². The van der Waals surface area contributed by atoms with Gasteiger partial charge < -0.3 is 5.32 Å². The molecule has 9 heteroatoms. The lowest BCUT2D eigenvalue weighted by Gasteiger charge is -2.10. The van der Waals surface area contributed by atoms with Crippen LogP contribution in [-0.4, -0.2) is 25.5 Å². The van der Waals surface area contributed by atoms with Crippen LogP contribution in [0.5, 0.6) is 0 Å². The van der Waals surface area contributed by atoms with Gasteiger partial charge in [0.05, 0.1) is 31.7 Å². The summed E-state index contributed by atoms with van der Waals surface area (Å²) in [5.41, 5.74) is 0.357. The van der Waals surface area contributed by atoms with E-state index < -0.39 is 20.7 Å². The number of nitrogens with one attached hydrogen (secondary N) is 1. The van der Waals surface area contributed by atoms with Crippen molar-refractivity contribution in [2.45, 2.75) is 11.8 Å². The van der Waals surface area contributed by atoms with Crippen molar-refractivity contribution in [2.24, 2.45) is 0 Å². The van der Waals surface area contributed by atoms with Crippen LogP contribution in [0.25, 0.3) is 0 Å². The molecule has 0 heterocycles. The molecule has 0 atom stereocenters. The summed E-state index contributed by atoms with van der Waals surface area (Å²) in [7, 11) is -3.50. The highest BCUT2D eigenvalue weighted by atomic mass is 35.5. The number of nitro groups is 1. The number of hydrogen-bond acceptors (Lipinski definition) is 5. The minimum atomic E-state index is -3.50. The van der Waals surface area contributed by atoms with Gasteiger partial charge in [-0.1, -0.05) is 17.7 Å². The maximum Gasteiger partial charge on any atom is 0.274 e. The minimum Gasteiger partial charge on any atom is -0.321 e. The zero-order chi connectivity index (χ0) is 18.1. The molecule has 0 spiro atoms. The van der Waals surface area contributed by atoms with E-state index in [4.69, 9.17) is 11.6 Å². The maximum atomic E-state index is 12.4. The standard InChI is InChI=1S/C15H13ClN2O5S/c1-9-13(4-3-5-14(9)18(20)21)17-15(19)11-8-10(24(2,22)23)6-7-12(11)16/h3-8H,1-2H3,(H,17,19). The molecule has 0 unspecified atom stereocenters. The van der Waals surface area contributed by atoms with E-state index in [1.54, 1.807) is 0 Å². The van der Waals surface area contributed by atoms with E-state index in [1.807, 2.05) is 0 Å². The van der Waals surface area contributed by atoms with Crippen molar-refractivity contribution in [3.63, 3.8) is 0 Å². The first-order valence-electron chi connectivity index (χ1n) is 6.66. The van der Waals surface area contributed by atoms with Crippen LogP contribution < -0.4 is 5.32 Å². The van der Waals surface area contributed by atoms with Gasteiger partial charge in [-0.25, -0.2) is 8.42 Å². The van der Waals surface area contributed by atoms with Crippen molar-refractivity contribution in [2.75, 3.05) is 11.6 Å². The topological polar surface area (TPSA) is 106 Å². The maximum absolute atomic E-state index is 12.4. The average Bonchev–Trinajstić information content (AvgIpc) is 2.48. The predicted molar refractivity (Wildman–Crippen MR) is 90.3 cm³/mol. The average molecular weight is 369 g/mol. The van der Waals surface area contributed by atoms with E-state index in [0.717, 1.165) is 6.26 Å². The van der Waals surface area contributed by atoms with Crippen LogP contribution >= 0.6 is 11.6 Å². The molecular weight excluding hydrogens is 356 g/mol. The summed E-state index contributed by atoms with van der Waals surface area (Å²) in [5.74, 6) is -0.658. The molecule has 0 saturated heterocycles. The van der Waals surface area contributed by atoms with E-state index >= 15 is 0 Å². The number of nitrogens with zero attached hydrogens (tertiary/aromatic N) is 1. The molecule has 0 saturated carbocycles. The quantitative estimate of drug-likeness (QED) is 0.658. The van der Waals surface area contributed by atoms with E-state index in [9.17, 15) is 23.3 Å². The fraction of sp³-hybridized carbons (Fsp3) is 0.133. The SMILES string of the molecule is Cc1c(NC(=O)c2cc(S(C)(=O)=O)ccc2Cl)cccc1[N+](=O)[O-]. The molecule has 7 nitrogen and oxygen atoms in total. The molecule has 2 aromatic carbocycles. The Hall–Kier alpha value is -2.45. The number of amides is 1. The fourth-order valence-corrected chi connectivity index (χ4v) is 2.91. The summed E-state index contributed by atoms with van der Waals surface area (Å²) in [4.78, 5) is 22.7. The van der Waals surface area contributed by atoms with Crippen molar-refractivity contribution in [3.8, 4) is 0 Å². The van der Waals surface area contributed by atoms with Crippen LogP contribution in [-0.2, 0) is 9.84 Å². The molecule has 0 aromatic heterocycles. The summed E-state index contributed by atoms with van der Waals surface area (Å²) in [6.07, 6.45) is 1.02. The van der Waals surface area contributed by atoms with Gasteiger partial charge in [-0.05, 0) is 31.2 Å². The highest BCUT2D eigenvalue weighted by Gasteiger charge is 2.18. The monoisotopic (exact) mass is 368 g/mol. The largest absolute Gasteiger partial charge is 0.321 e. The second-order valence-corrected chi connectivity index (χ2v) is 7.50. The molecule has 0 radical (unpaired) electrons. The second-order valence-electron chi connectivity index (χ2n) is 5.07. The van der Waals surface area contributed by atoms with Gasteiger partial charge in [0.25, 0.3) is 11.6 Å². The predicted octanol–water partition coefficient (Wildman–Crippen LogP) is 3.21. The van der Waals surface area contributed by atoms with Crippen molar-refractivity contribution in [1.82, 2.24) is 0 Å². The molecule has 1 N–H and O–H groups in total. The molecule has 0 aliphatic rings. The highest BCUT2D eigenvalue weighted by molar-refractivity contribution is 7.90. The fourth-order valence-electron chi connectivity index (χ4n) is 2.06. The number of carbonyl (C=O) groups excluding carboxylic acids is 1. The van der Waals surface area contributed by atoms with Gasteiger partial charge in [0, 0.05) is 12.3 Å². The van der Waals surface area contributed by atoms with Crippen molar-refractivity contribution in [1.29, 1.82) is 0 Å². The summed E-state index contributed by atoms with van der Waals surface area (Å²) in [5, 5.41) is 13.5. The van der Waals surface area contributed by atoms with Gasteiger partial charge in [-0.15, -0.1) is 0 Å². The lowest BCUT2D eigenvalue weighted by molar-refractivity contribution is -0.385. The van der Waals surface area contributed by atoms with Gasteiger partial charge in [-0.3, -0.25) is 14.9 Å². The molecule has 126 valence electrons. The van der Waals surface area contributed by atoms with Crippen LogP contribution in [0.3, 0.4) is 0 Å². The van der Waals surface area contributed by atoms with Crippen molar-refractivity contribution < 1.29 is 18.1 Å². The van der Waals surface area contributed by atoms with Crippen LogP contribution in [0.4, 0.5) is 11.4 Å². The van der Waals surface area contributed by atoms with E-state index in [-0.39, 0.29) is 32.4 Å². The normalized spacial score (nSPS) is 11.1. The summed E-state index contributed by atoms with van der Waals surface area (Å²) in [6.45, 7) is 1.50. The number of carbonyl (C=O) groups is 1. The smallest absolute Gasteiger partial charge is 0.274 e. The van der Waals surface area contributed by atoms with Gasteiger partial charge in [0.2, 0.25) is 0 Å². The number of hydrogen-bond donors (Lipinski definition) is 1. The number of halogens is 1. The number of anilines is 1. The number of sulfone groups is 1. The molecule has 1 amide bonds. The molecule has 2 aromatic rings. The third-order valence-corrected chi connectivity index (χ3v) is 4.80. The molecule has 0 bridgehead atoms. The number of benzene rings is 2. The molecule has 24 heavy (non-hydrogen) atoms. The van der Waals surface area contributed by atoms with Gasteiger partial charge in [-0.2, -0.15) is 0 Å². The molecule has 2 rings (SSSR count). The zero-order valence-corrected chi connectivity index (χ0v) is 14.3. The van der Waals surface area contributed by atoms with Crippen LogP contribution in [0.2, 0.25) is 5.02 Å². The molecule has 0 fully saturated rings. The first kappa shape index (κ1) is 17.9. The summed E-state index contributed by atoms with van der Waals surface area (Å²) >= 11 is 5.97. The van der Waals surface area contributed by atoms with Gasteiger partial charge in [0.1, 0.15) is 0 Å². The second kappa shape index (κ2) is 6.58. The Morgan fingerprint density at radius 1 is 1.25 bits per heavy atom. The molecule has 0 aliphatic heterocycles. The molecular formula is C15H13ClN2O5S. The third kappa shape index (κ3) is 3.72. The first-order chi connectivity index (χ1) is 11.1. The zero-order valence-electron chi connectivity index (χ0n) is 12.7. The van der Waals surface area contributed by atoms with Gasteiger partial charge >= 0.3 is 0 Å². The summed E-state index contributed by atoms with van der Waals surface area (Å²) in [6, 6.07) is 8.05. The Bertz CT molecular complexity index is 941. The van der Waals surface area contributed by atoms with Gasteiger partial charge in [0.15, 0.2) is 9.84 Å². The Balaban J connectivity index is 2.41. The summed E-state index contributed by atoms with van der Waals surface area (Å²) < 4.78 is 23.2. The van der Waals surface area contributed by atoms with Crippen LogP contribution in [0.15, 0.2) is 41.3 Å². The Kier molecular flexibility index (Phi) is 4.91. The van der Waals surface area contributed by atoms with E-state index in [1.165, 1.54) is 43.3 Å². The Morgan fingerprint density at radius 2 is 1.92 bits per heavy atom. The van der Waals surface area contributed by atoms with E-state index in [0.29, 0.717) is 0 Å². The number of rotatable bonds is 4. The van der Waals surface area contributed by atoms with Crippen molar-refractivity contribution in [3.05, 3.63) is 62.7 Å². The number of nitro benzene ring substituents is 1. The van der Waals surface area contributed by atoms with Crippen LogP contribution in [0.1, 0.15) is 15.9 Å². The van der Waals surface area contributed by atoms with Crippen molar-refractivity contribution >= 4 is 38.7 Å². The molecule has 0 aliphatic carbocycles. The third-order valence-electron chi connectivity index (χ3n) is 3.36.